The Bertz CT molecular complexity index is 1670. The van der Waals surface area contributed by atoms with Crippen LogP contribution in [0.4, 0.5) is 5.13 Å². The Morgan fingerprint density at radius 3 is 2.65 bits per heavy atom. The van der Waals surface area contributed by atoms with Crippen LogP contribution in [0.15, 0.2) is 82.7 Å². The van der Waals surface area contributed by atoms with Gasteiger partial charge in [-0.05, 0) is 47.9 Å². The van der Waals surface area contributed by atoms with E-state index in [-0.39, 0.29) is 16.5 Å². The molecule has 3 aromatic carbocycles. The molecule has 43 heavy (non-hydrogen) atoms. The zero-order valence-corrected chi connectivity index (χ0v) is 25.0. The molecule has 4 aromatic rings. The van der Waals surface area contributed by atoms with Crippen molar-refractivity contribution in [3.8, 4) is 17.2 Å². The van der Waals surface area contributed by atoms with Crippen LogP contribution in [0.3, 0.4) is 0 Å². The van der Waals surface area contributed by atoms with E-state index in [0.717, 1.165) is 18.4 Å². The third-order valence-corrected chi connectivity index (χ3v) is 9.13. The number of anilines is 1. The normalized spacial score (nSPS) is 17.3. The van der Waals surface area contributed by atoms with Crippen LogP contribution in [0.1, 0.15) is 42.5 Å². The fourth-order valence-corrected chi connectivity index (χ4v) is 6.70. The number of rotatable bonds is 10. The molecule has 0 aliphatic carbocycles. The molecular formula is C32H29N3O6S2. The summed E-state index contributed by atoms with van der Waals surface area (Å²) in [4.78, 5) is 28.6. The number of Topliss-reactive ketones (excluding diaryl/α,β-unsaturated/α-hetero) is 1. The van der Waals surface area contributed by atoms with E-state index in [0.29, 0.717) is 58.3 Å². The van der Waals surface area contributed by atoms with Crippen LogP contribution < -0.4 is 19.1 Å². The molecule has 6 rings (SSSR count). The standard InChI is InChI=1S/C32H29N3O6S2/c1-2-3-14-39-23-11-7-10-21(17-23)27-26(28(36)22-12-13-24-25(18-22)41-16-15-40-24)29(37)30(38)35(27)31-33-34-32(43-31)42-19-20-8-5-4-6-9-20/h4-13,17-18,27,36H,2-3,14-16,19H2,1H3/b28-26+/t27-/m0/s1. The third kappa shape index (κ3) is 6.09. The molecule has 9 nitrogen and oxygen atoms in total. The molecule has 1 saturated heterocycles. The summed E-state index contributed by atoms with van der Waals surface area (Å²) in [6, 6.07) is 21.2. The first kappa shape index (κ1) is 28.8. The van der Waals surface area contributed by atoms with Gasteiger partial charge in [0.25, 0.3) is 5.78 Å². The van der Waals surface area contributed by atoms with Gasteiger partial charge in [-0.2, -0.15) is 0 Å². The first-order valence-corrected chi connectivity index (χ1v) is 15.8. The lowest BCUT2D eigenvalue weighted by Gasteiger charge is -2.23. The number of nitrogens with zero attached hydrogens (tertiary/aromatic N) is 3. The number of aliphatic hydroxyl groups excluding tert-OH is 1. The number of ether oxygens (including phenoxy) is 3. The van der Waals surface area contributed by atoms with Crippen molar-refractivity contribution in [1.29, 1.82) is 0 Å². The minimum atomic E-state index is -0.956. The quantitative estimate of drug-likeness (QED) is 0.0540. The number of aromatic nitrogens is 2. The van der Waals surface area contributed by atoms with Gasteiger partial charge >= 0.3 is 5.91 Å². The molecule has 11 heteroatoms. The molecule has 0 radical (unpaired) electrons. The van der Waals surface area contributed by atoms with Crippen molar-refractivity contribution in [3.63, 3.8) is 0 Å². The monoisotopic (exact) mass is 615 g/mol. The van der Waals surface area contributed by atoms with Gasteiger partial charge in [-0.15, -0.1) is 10.2 Å². The number of unbranched alkanes of at least 4 members (excludes halogenated alkanes) is 1. The lowest BCUT2D eigenvalue weighted by molar-refractivity contribution is -0.132. The van der Waals surface area contributed by atoms with E-state index >= 15 is 0 Å². The molecule has 2 aliphatic rings. The summed E-state index contributed by atoms with van der Waals surface area (Å²) in [5, 5.41) is 20.5. The van der Waals surface area contributed by atoms with E-state index in [1.54, 1.807) is 30.3 Å². The van der Waals surface area contributed by atoms with Crippen molar-refractivity contribution >= 4 is 45.7 Å². The molecule has 220 valence electrons. The summed E-state index contributed by atoms with van der Waals surface area (Å²) < 4.78 is 17.9. The van der Waals surface area contributed by atoms with E-state index in [4.69, 9.17) is 14.2 Å². The van der Waals surface area contributed by atoms with Crippen molar-refractivity contribution in [1.82, 2.24) is 10.2 Å². The second kappa shape index (κ2) is 12.9. The maximum Gasteiger partial charge on any atom is 0.301 e. The number of carbonyl (C=O) groups excluding carboxylic acids is 2. The highest BCUT2D eigenvalue weighted by atomic mass is 32.2. The van der Waals surface area contributed by atoms with E-state index in [1.807, 2.05) is 42.5 Å². The third-order valence-electron chi connectivity index (χ3n) is 7.01. The van der Waals surface area contributed by atoms with Crippen LogP contribution in [-0.4, -0.2) is 46.8 Å². The van der Waals surface area contributed by atoms with Gasteiger partial charge in [0.1, 0.15) is 24.7 Å². The van der Waals surface area contributed by atoms with Gasteiger partial charge in [0.05, 0.1) is 18.2 Å². The number of thioether (sulfide) groups is 1. The van der Waals surface area contributed by atoms with E-state index in [2.05, 4.69) is 17.1 Å². The average molecular weight is 616 g/mol. The minimum absolute atomic E-state index is 0.0546. The number of ketones is 1. The second-order valence-corrected chi connectivity index (χ2v) is 12.1. The predicted octanol–water partition coefficient (Wildman–Crippen LogP) is 6.41. The molecule has 1 fully saturated rings. The van der Waals surface area contributed by atoms with Gasteiger partial charge in [0.15, 0.2) is 15.8 Å². The molecule has 0 bridgehead atoms. The Balaban J connectivity index is 1.39. The van der Waals surface area contributed by atoms with Crippen molar-refractivity contribution in [2.75, 3.05) is 24.7 Å². The highest BCUT2D eigenvalue weighted by Gasteiger charge is 2.48. The van der Waals surface area contributed by atoms with Crippen molar-refractivity contribution < 1.29 is 28.9 Å². The molecular weight excluding hydrogens is 587 g/mol. The topological polar surface area (TPSA) is 111 Å². The van der Waals surface area contributed by atoms with E-state index < -0.39 is 17.7 Å². The molecule has 2 aliphatic heterocycles. The first-order valence-electron chi connectivity index (χ1n) is 14.0. The van der Waals surface area contributed by atoms with Gasteiger partial charge in [-0.25, -0.2) is 0 Å². The Morgan fingerprint density at radius 1 is 1.02 bits per heavy atom. The number of aliphatic hydroxyl groups is 1. The van der Waals surface area contributed by atoms with Gasteiger partial charge in [0.2, 0.25) is 5.13 Å². The SMILES string of the molecule is CCCCOc1cccc([C@H]2/C(=C(\O)c3ccc4c(c3)OCCO4)C(=O)C(=O)N2c2nnc(SCc3ccccc3)s2)c1. The molecule has 0 spiro atoms. The van der Waals surface area contributed by atoms with Crippen LogP contribution in [0.2, 0.25) is 0 Å². The van der Waals surface area contributed by atoms with Gasteiger partial charge < -0.3 is 19.3 Å². The van der Waals surface area contributed by atoms with Crippen LogP contribution >= 0.6 is 23.1 Å². The maximum atomic E-state index is 13.6. The smallest absolute Gasteiger partial charge is 0.301 e. The highest BCUT2D eigenvalue weighted by molar-refractivity contribution is 8.00. The largest absolute Gasteiger partial charge is 0.507 e. The summed E-state index contributed by atoms with van der Waals surface area (Å²) in [5.74, 6) is 0.359. The Hall–Kier alpha value is -4.35. The number of hydrogen-bond donors (Lipinski definition) is 1. The van der Waals surface area contributed by atoms with E-state index in [1.165, 1.54) is 28.0 Å². The fourth-order valence-electron chi connectivity index (χ4n) is 4.88. The summed E-state index contributed by atoms with van der Waals surface area (Å²) in [5.41, 5.74) is 2.00. The van der Waals surface area contributed by atoms with E-state index in [9.17, 15) is 14.7 Å². The Morgan fingerprint density at radius 2 is 1.84 bits per heavy atom. The molecule has 1 aromatic heterocycles. The number of carbonyl (C=O) groups is 2. The van der Waals surface area contributed by atoms with Crippen LogP contribution in [-0.2, 0) is 15.3 Å². The van der Waals surface area contributed by atoms with Gasteiger partial charge in [0, 0.05) is 11.3 Å². The van der Waals surface area contributed by atoms with Gasteiger partial charge in [-0.1, -0.05) is 78.9 Å². The molecule has 1 atom stereocenters. The highest BCUT2D eigenvalue weighted by Crippen LogP contribution is 2.45. The Kier molecular flexibility index (Phi) is 8.62. The molecule has 1 amide bonds. The number of hydrogen-bond acceptors (Lipinski definition) is 10. The molecule has 3 heterocycles. The predicted molar refractivity (Wildman–Crippen MR) is 165 cm³/mol. The fraction of sp³-hybridized carbons (Fsp3) is 0.250. The number of fused-ring (bicyclic) bond motifs is 1. The first-order chi connectivity index (χ1) is 21.0. The Labute approximate surface area is 257 Å². The molecule has 0 saturated carbocycles. The van der Waals surface area contributed by atoms with Crippen LogP contribution in [0.25, 0.3) is 5.76 Å². The lowest BCUT2D eigenvalue weighted by Crippen LogP contribution is -2.29. The summed E-state index contributed by atoms with van der Waals surface area (Å²) in [6.07, 6.45) is 1.87. The van der Waals surface area contributed by atoms with Crippen LogP contribution in [0.5, 0.6) is 17.2 Å². The zero-order valence-electron chi connectivity index (χ0n) is 23.4. The van der Waals surface area contributed by atoms with Crippen molar-refractivity contribution in [2.45, 2.75) is 35.9 Å². The van der Waals surface area contributed by atoms with Crippen molar-refractivity contribution in [3.05, 3.63) is 95.1 Å². The minimum Gasteiger partial charge on any atom is -0.507 e. The van der Waals surface area contributed by atoms with Gasteiger partial charge in [-0.3, -0.25) is 14.5 Å². The maximum absolute atomic E-state index is 13.6. The van der Waals surface area contributed by atoms with Crippen LogP contribution in [0, 0.1) is 0 Å². The zero-order chi connectivity index (χ0) is 29.8. The second-order valence-electron chi connectivity index (χ2n) is 9.93. The summed E-state index contributed by atoms with van der Waals surface area (Å²) in [6.45, 7) is 3.41. The molecule has 1 N–H and O–H groups in total. The lowest BCUT2D eigenvalue weighted by atomic mass is 9.95. The summed E-state index contributed by atoms with van der Waals surface area (Å²) in [7, 11) is 0. The number of amides is 1. The summed E-state index contributed by atoms with van der Waals surface area (Å²) >= 11 is 2.72. The molecule has 0 unspecified atom stereocenters. The number of benzene rings is 3. The average Bonchev–Trinajstić information content (AvgIpc) is 3.62. The van der Waals surface area contributed by atoms with Crippen molar-refractivity contribution in [2.24, 2.45) is 0 Å².